The molecule has 2 aromatic rings. The first kappa shape index (κ1) is 14.9. The molecule has 0 atom stereocenters. The van der Waals surface area contributed by atoms with Gasteiger partial charge in [-0.1, -0.05) is 35.9 Å². The van der Waals surface area contributed by atoms with Crippen LogP contribution in [0.25, 0.3) is 0 Å². The van der Waals surface area contributed by atoms with Crippen LogP contribution < -0.4 is 11.5 Å². The maximum absolute atomic E-state index is 10.9. The van der Waals surface area contributed by atoms with Gasteiger partial charge in [-0.3, -0.25) is 0 Å². The fourth-order valence-corrected chi connectivity index (χ4v) is 1.40. The van der Waals surface area contributed by atoms with Gasteiger partial charge in [-0.05, 0) is 24.3 Å². The molecule has 4 nitrogen and oxygen atoms in total. The van der Waals surface area contributed by atoms with Crippen molar-refractivity contribution in [1.82, 2.24) is 0 Å². The summed E-state index contributed by atoms with van der Waals surface area (Å²) >= 11 is 5.58. The summed E-state index contributed by atoms with van der Waals surface area (Å²) in [6.45, 7) is 0. The van der Waals surface area contributed by atoms with Crippen LogP contribution in [0.3, 0.4) is 0 Å². The number of carbonyl (C=O) groups excluding carboxylic acids is 1. The topological polar surface area (TPSA) is 78.3 Å². The SMILES string of the molecule is COC(=O)c1ccccc1N.Nc1ccccc1Cl. The quantitative estimate of drug-likeness (QED) is 0.621. The number of nitrogens with two attached hydrogens (primary N) is 2. The van der Waals surface area contributed by atoms with Gasteiger partial charge in [-0.15, -0.1) is 0 Å². The number of hydrogen-bond donors (Lipinski definition) is 2. The monoisotopic (exact) mass is 278 g/mol. The Kier molecular flexibility index (Phi) is 5.70. The molecular formula is C14H15ClN2O2. The molecule has 0 saturated carbocycles. The molecule has 0 aliphatic rings. The van der Waals surface area contributed by atoms with Gasteiger partial charge in [-0.2, -0.15) is 0 Å². The first-order valence-electron chi connectivity index (χ1n) is 5.49. The zero-order valence-corrected chi connectivity index (χ0v) is 11.2. The van der Waals surface area contributed by atoms with Crippen LogP contribution in [-0.2, 0) is 4.74 Å². The minimum Gasteiger partial charge on any atom is -0.465 e. The van der Waals surface area contributed by atoms with Gasteiger partial charge in [-0.25, -0.2) is 4.79 Å². The molecule has 0 radical (unpaired) electrons. The number of nitrogen functional groups attached to an aromatic ring is 2. The van der Waals surface area contributed by atoms with E-state index in [1.165, 1.54) is 7.11 Å². The van der Waals surface area contributed by atoms with Gasteiger partial charge in [0.1, 0.15) is 0 Å². The van der Waals surface area contributed by atoms with E-state index in [-0.39, 0.29) is 0 Å². The van der Waals surface area contributed by atoms with Gasteiger partial charge >= 0.3 is 5.97 Å². The van der Waals surface area contributed by atoms with Crippen LogP contribution in [0.4, 0.5) is 11.4 Å². The second-order valence-electron chi connectivity index (χ2n) is 3.60. The highest BCUT2D eigenvalue weighted by Crippen LogP contribution is 2.15. The maximum Gasteiger partial charge on any atom is 0.339 e. The number of ether oxygens (including phenoxy) is 1. The Morgan fingerprint density at radius 3 is 1.95 bits per heavy atom. The van der Waals surface area contributed by atoms with E-state index in [2.05, 4.69) is 4.74 Å². The van der Waals surface area contributed by atoms with E-state index in [0.717, 1.165) is 0 Å². The number of para-hydroxylation sites is 2. The Morgan fingerprint density at radius 1 is 1.00 bits per heavy atom. The van der Waals surface area contributed by atoms with Gasteiger partial charge in [0.25, 0.3) is 0 Å². The highest BCUT2D eigenvalue weighted by Gasteiger charge is 2.06. The van der Waals surface area contributed by atoms with Gasteiger partial charge < -0.3 is 16.2 Å². The van der Waals surface area contributed by atoms with E-state index in [1.807, 2.05) is 12.1 Å². The maximum atomic E-state index is 10.9. The first-order chi connectivity index (χ1) is 9.06. The van der Waals surface area contributed by atoms with Crippen LogP contribution >= 0.6 is 11.6 Å². The summed E-state index contributed by atoms with van der Waals surface area (Å²) in [6, 6.07) is 14.0. The molecule has 0 spiro atoms. The molecule has 4 N–H and O–H groups in total. The lowest BCUT2D eigenvalue weighted by atomic mass is 10.2. The van der Waals surface area contributed by atoms with Gasteiger partial charge in [0.15, 0.2) is 0 Å². The van der Waals surface area contributed by atoms with Crippen molar-refractivity contribution in [3.05, 3.63) is 59.1 Å². The molecule has 19 heavy (non-hydrogen) atoms. The summed E-state index contributed by atoms with van der Waals surface area (Å²) in [6.07, 6.45) is 0. The number of esters is 1. The van der Waals surface area contributed by atoms with Crippen molar-refractivity contribution >= 4 is 28.9 Å². The highest BCUT2D eigenvalue weighted by atomic mass is 35.5. The van der Waals surface area contributed by atoms with Crippen LogP contribution in [0.2, 0.25) is 5.02 Å². The Bertz CT molecular complexity index is 538. The summed E-state index contributed by atoms with van der Waals surface area (Å²) in [7, 11) is 1.33. The van der Waals surface area contributed by atoms with Crippen LogP contribution in [0.1, 0.15) is 10.4 Å². The Hall–Kier alpha value is -2.20. The number of rotatable bonds is 1. The lowest BCUT2D eigenvalue weighted by Crippen LogP contribution is -2.04. The zero-order valence-electron chi connectivity index (χ0n) is 10.5. The van der Waals surface area contributed by atoms with E-state index in [0.29, 0.717) is 22.0 Å². The summed E-state index contributed by atoms with van der Waals surface area (Å²) < 4.78 is 4.50. The van der Waals surface area contributed by atoms with Crippen molar-refractivity contribution in [2.45, 2.75) is 0 Å². The first-order valence-corrected chi connectivity index (χ1v) is 5.87. The summed E-state index contributed by atoms with van der Waals surface area (Å²) in [5.41, 5.74) is 12.4. The smallest absolute Gasteiger partial charge is 0.339 e. The fourth-order valence-electron chi connectivity index (χ4n) is 1.27. The van der Waals surface area contributed by atoms with E-state index in [9.17, 15) is 4.79 Å². The van der Waals surface area contributed by atoms with Crippen LogP contribution in [0.15, 0.2) is 48.5 Å². The van der Waals surface area contributed by atoms with E-state index in [1.54, 1.807) is 36.4 Å². The molecule has 2 aromatic carbocycles. The number of anilines is 2. The van der Waals surface area contributed by atoms with Gasteiger partial charge in [0, 0.05) is 5.69 Å². The molecule has 2 rings (SSSR count). The van der Waals surface area contributed by atoms with Crippen molar-refractivity contribution in [3.8, 4) is 0 Å². The van der Waals surface area contributed by atoms with Crippen LogP contribution in [-0.4, -0.2) is 13.1 Å². The van der Waals surface area contributed by atoms with E-state index < -0.39 is 5.97 Å². The Labute approximate surface area is 116 Å². The minimum atomic E-state index is -0.400. The lowest BCUT2D eigenvalue weighted by molar-refractivity contribution is 0.0602. The van der Waals surface area contributed by atoms with Gasteiger partial charge in [0.2, 0.25) is 0 Å². The summed E-state index contributed by atoms with van der Waals surface area (Å²) in [4.78, 5) is 10.9. The number of halogens is 1. The van der Waals surface area contributed by atoms with Gasteiger partial charge in [0.05, 0.1) is 23.4 Å². The predicted molar refractivity (Wildman–Crippen MR) is 78.1 cm³/mol. The minimum absolute atomic E-state index is 0.400. The lowest BCUT2D eigenvalue weighted by Gasteiger charge is -2.00. The number of carbonyl (C=O) groups is 1. The summed E-state index contributed by atoms with van der Waals surface area (Å²) in [5, 5.41) is 0.618. The third-order valence-corrected chi connectivity index (χ3v) is 2.62. The molecule has 0 unspecified atom stereocenters. The van der Waals surface area contributed by atoms with Crippen molar-refractivity contribution in [1.29, 1.82) is 0 Å². The number of methoxy groups -OCH3 is 1. The highest BCUT2D eigenvalue weighted by molar-refractivity contribution is 6.33. The van der Waals surface area contributed by atoms with E-state index >= 15 is 0 Å². The predicted octanol–water partition coefficient (Wildman–Crippen LogP) is 2.98. The molecule has 0 aliphatic carbocycles. The molecule has 0 aromatic heterocycles. The molecule has 100 valence electrons. The molecule has 0 amide bonds. The number of hydrogen-bond acceptors (Lipinski definition) is 4. The van der Waals surface area contributed by atoms with Crippen molar-refractivity contribution in [2.75, 3.05) is 18.6 Å². The fraction of sp³-hybridized carbons (Fsp3) is 0.0714. The third kappa shape index (κ3) is 4.52. The molecule has 0 saturated heterocycles. The van der Waals surface area contributed by atoms with Crippen molar-refractivity contribution in [2.24, 2.45) is 0 Å². The van der Waals surface area contributed by atoms with Crippen LogP contribution in [0.5, 0.6) is 0 Å². The molecule has 0 fully saturated rings. The molecule has 0 aliphatic heterocycles. The average molecular weight is 279 g/mol. The van der Waals surface area contributed by atoms with Crippen LogP contribution in [0, 0.1) is 0 Å². The largest absolute Gasteiger partial charge is 0.465 e. The standard InChI is InChI=1S/C8H9NO2.C6H6ClN/c1-11-8(10)6-4-2-3-5-7(6)9;7-5-3-1-2-4-6(5)8/h2-5H,9H2,1H3;1-4H,8H2. The van der Waals surface area contributed by atoms with Crippen molar-refractivity contribution in [3.63, 3.8) is 0 Å². The average Bonchev–Trinajstić information content (AvgIpc) is 2.42. The number of benzene rings is 2. The van der Waals surface area contributed by atoms with E-state index in [4.69, 9.17) is 23.1 Å². The third-order valence-electron chi connectivity index (χ3n) is 2.27. The molecule has 0 heterocycles. The Morgan fingerprint density at radius 2 is 1.53 bits per heavy atom. The van der Waals surface area contributed by atoms with Crippen molar-refractivity contribution < 1.29 is 9.53 Å². The second-order valence-corrected chi connectivity index (χ2v) is 4.01. The molecule has 5 heteroatoms. The zero-order chi connectivity index (χ0) is 14.3. The summed E-state index contributed by atoms with van der Waals surface area (Å²) in [5.74, 6) is -0.400. The molecular weight excluding hydrogens is 264 g/mol. The second kappa shape index (κ2) is 7.28. The molecule has 0 bridgehead atoms. The Balaban J connectivity index is 0.000000200. The normalized spacial score (nSPS) is 9.16.